The van der Waals surface area contributed by atoms with E-state index in [1.807, 2.05) is 36.4 Å². The first-order valence-corrected chi connectivity index (χ1v) is 7.11. The zero-order valence-corrected chi connectivity index (χ0v) is 12.8. The minimum absolute atomic E-state index is 0.0505. The summed E-state index contributed by atoms with van der Waals surface area (Å²) in [5, 5.41) is 3.35. The monoisotopic (exact) mass is 326 g/mol. The van der Waals surface area contributed by atoms with Gasteiger partial charge in [0.05, 0.1) is 0 Å². The van der Waals surface area contributed by atoms with Crippen LogP contribution in [0.15, 0.2) is 65.7 Å². The van der Waals surface area contributed by atoms with Crippen LogP contribution in [0.2, 0.25) is 0 Å². The lowest BCUT2D eigenvalue weighted by molar-refractivity contribution is 0.144. The van der Waals surface area contributed by atoms with Crippen molar-refractivity contribution in [2.24, 2.45) is 10.7 Å². The van der Waals surface area contributed by atoms with Crippen molar-refractivity contribution in [3.63, 3.8) is 0 Å². The van der Waals surface area contributed by atoms with Crippen LogP contribution < -0.4 is 11.1 Å². The first kappa shape index (κ1) is 17.0. The fraction of sp³-hybridized carbons (Fsp3) is 0.118. The molecule has 2 aromatic carbocycles. The number of benzene rings is 2. The van der Waals surface area contributed by atoms with Gasteiger partial charge in [0.25, 0.3) is 0 Å². The predicted octanol–water partition coefficient (Wildman–Crippen LogP) is 2.58. The van der Waals surface area contributed by atoms with Crippen LogP contribution in [-0.4, -0.2) is 18.1 Å². The molecule has 0 aliphatic carbocycles. The molecule has 7 nitrogen and oxygen atoms in total. The normalized spacial score (nSPS) is 10.8. The number of ether oxygens (including phenoxy) is 2. The molecule has 0 atom stereocenters. The lowest BCUT2D eigenvalue weighted by atomic mass is 10.2. The average Bonchev–Trinajstić information content (AvgIpc) is 2.60. The predicted molar refractivity (Wildman–Crippen MR) is 87.0 cm³/mol. The van der Waals surface area contributed by atoms with Crippen molar-refractivity contribution in [1.82, 2.24) is 5.32 Å². The molecule has 0 unspecified atom stereocenters. The van der Waals surface area contributed by atoms with Gasteiger partial charge in [0.2, 0.25) is 5.96 Å². The summed E-state index contributed by atoms with van der Waals surface area (Å²) in [5.74, 6) is -0.522. The average molecular weight is 326 g/mol. The van der Waals surface area contributed by atoms with Crippen LogP contribution in [-0.2, 0) is 22.7 Å². The molecule has 2 aromatic rings. The van der Waals surface area contributed by atoms with E-state index in [0.717, 1.165) is 11.1 Å². The van der Waals surface area contributed by atoms with Gasteiger partial charge in [-0.05, 0) is 11.1 Å². The number of carbonyl (C=O) groups excluding carboxylic acids is 2. The van der Waals surface area contributed by atoms with E-state index in [2.05, 4.69) is 10.3 Å². The molecular weight excluding hydrogens is 310 g/mol. The van der Waals surface area contributed by atoms with E-state index in [1.165, 1.54) is 0 Å². The second-order valence-electron chi connectivity index (χ2n) is 4.66. The third kappa shape index (κ3) is 6.18. The minimum atomic E-state index is -0.934. The maximum absolute atomic E-state index is 11.5. The first-order valence-electron chi connectivity index (χ1n) is 7.11. The maximum Gasteiger partial charge on any atom is 0.437 e. The standard InChI is InChI=1S/C17H16N3O4/c18-15(19-16(21)23-11-13-7-3-1-4-8-13)20-17(22)24-12-14-9-5-2-6-10-14/h1-10H,11-12H2,(H2,18,19,21). The summed E-state index contributed by atoms with van der Waals surface area (Å²) in [4.78, 5) is 26.3. The van der Waals surface area contributed by atoms with E-state index in [1.54, 1.807) is 24.3 Å². The molecule has 0 aliphatic rings. The third-order valence-corrected chi connectivity index (χ3v) is 2.82. The molecule has 0 spiro atoms. The van der Waals surface area contributed by atoms with Crippen molar-refractivity contribution < 1.29 is 19.1 Å². The maximum atomic E-state index is 11.5. The van der Waals surface area contributed by atoms with Crippen molar-refractivity contribution in [2.45, 2.75) is 13.2 Å². The molecule has 2 rings (SSSR count). The van der Waals surface area contributed by atoms with E-state index in [0.29, 0.717) is 0 Å². The molecule has 0 aromatic heterocycles. The number of carbonyl (C=O) groups is 2. The van der Waals surface area contributed by atoms with Crippen molar-refractivity contribution in [2.75, 3.05) is 0 Å². The van der Waals surface area contributed by atoms with Gasteiger partial charge >= 0.3 is 12.2 Å². The number of rotatable bonds is 4. The van der Waals surface area contributed by atoms with Gasteiger partial charge in [-0.3, -0.25) is 0 Å². The van der Waals surface area contributed by atoms with Gasteiger partial charge in [-0.2, -0.15) is 0 Å². The molecule has 123 valence electrons. The van der Waals surface area contributed by atoms with Crippen LogP contribution in [0, 0.1) is 0 Å². The zero-order valence-electron chi connectivity index (χ0n) is 12.8. The molecule has 7 heteroatoms. The molecular formula is C17H16N3O4. The van der Waals surface area contributed by atoms with Crippen LogP contribution >= 0.6 is 0 Å². The van der Waals surface area contributed by atoms with Gasteiger partial charge in [-0.1, -0.05) is 60.7 Å². The van der Waals surface area contributed by atoms with Crippen LogP contribution in [0.5, 0.6) is 0 Å². The van der Waals surface area contributed by atoms with Crippen molar-refractivity contribution in [1.29, 1.82) is 0 Å². The Hall–Kier alpha value is -3.35. The fourth-order valence-electron chi connectivity index (χ4n) is 1.72. The van der Waals surface area contributed by atoms with Crippen LogP contribution in [0.25, 0.3) is 0 Å². The molecule has 1 radical (unpaired) electrons. The number of aliphatic imine (C=N–C) groups is 1. The second kappa shape index (κ2) is 8.94. The second-order valence-corrected chi connectivity index (χ2v) is 4.66. The summed E-state index contributed by atoms with van der Waals surface area (Å²) in [6.45, 7) is 0.101. The molecule has 0 aliphatic heterocycles. The van der Waals surface area contributed by atoms with Crippen LogP contribution in [0.3, 0.4) is 0 Å². The molecule has 2 amide bonds. The topological polar surface area (TPSA) is 105 Å². The SMILES string of the molecule is NC([N]C(=O)OCc1ccccc1)=NC(=O)OCc1ccccc1. The van der Waals surface area contributed by atoms with Crippen LogP contribution in [0.1, 0.15) is 11.1 Å². The smallest absolute Gasteiger partial charge is 0.437 e. The van der Waals surface area contributed by atoms with Gasteiger partial charge < -0.3 is 15.2 Å². The summed E-state index contributed by atoms with van der Waals surface area (Å²) in [7, 11) is 0. The van der Waals surface area contributed by atoms with E-state index in [9.17, 15) is 9.59 Å². The zero-order chi connectivity index (χ0) is 17.2. The first-order chi connectivity index (χ1) is 11.6. The Morgan fingerprint density at radius 3 is 1.75 bits per heavy atom. The Balaban J connectivity index is 1.73. The largest absolute Gasteiger partial charge is 0.443 e. The minimum Gasteiger partial charge on any atom is -0.443 e. The van der Waals surface area contributed by atoms with Crippen molar-refractivity contribution in [3.8, 4) is 0 Å². The molecule has 0 heterocycles. The Morgan fingerprint density at radius 1 is 0.792 bits per heavy atom. The Bertz CT molecular complexity index is 702. The van der Waals surface area contributed by atoms with Gasteiger partial charge in [0.15, 0.2) is 0 Å². The summed E-state index contributed by atoms with van der Waals surface area (Å²) in [6.07, 6.45) is -1.87. The Morgan fingerprint density at radius 2 is 1.25 bits per heavy atom. The van der Waals surface area contributed by atoms with Gasteiger partial charge in [-0.25, -0.2) is 9.59 Å². The summed E-state index contributed by atoms with van der Waals surface area (Å²) in [6, 6.07) is 18.2. The number of nitrogens with two attached hydrogens (primary N) is 1. The van der Waals surface area contributed by atoms with E-state index in [4.69, 9.17) is 15.2 Å². The van der Waals surface area contributed by atoms with Gasteiger partial charge in [0, 0.05) is 0 Å². The molecule has 0 fully saturated rings. The highest BCUT2D eigenvalue weighted by Crippen LogP contribution is 2.02. The molecule has 0 saturated heterocycles. The molecule has 24 heavy (non-hydrogen) atoms. The van der Waals surface area contributed by atoms with Gasteiger partial charge in [0.1, 0.15) is 13.2 Å². The molecule has 2 N–H and O–H groups in total. The van der Waals surface area contributed by atoms with E-state index < -0.39 is 18.1 Å². The number of hydrogen-bond donors (Lipinski definition) is 1. The lowest BCUT2D eigenvalue weighted by Gasteiger charge is -2.04. The number of guanidine groups is 1. The molecule has 0 saturated carbocycles. The van der Waals surface area contributed by atoms with E-state index >= 15 is 0 Å². The third-order valence-electron chi connectivity index (χ3n) is 2.82. The highest BCUT2D eigenvalue weighted by molar-refractivity contribution is 5.97. The van der Waals surface area contributed by atoms with Crippen molar-refractivity contribution in [3.05, 3.63) is 71.8 Å². The van der Waals surface area contributed by atoms with E-state index in [-0.39, 0.29) is 13.2 Å². The summed E-state index contributed by atoms with van der Waals surface area (Å²) in [5.41, 5.74) is 7.00. The summed E-state index contributed by atoms with van der Waals surface area (Å²) < 4.78 is 9.78. The summed E-state index contributed by atoms with van der Waals surface area (Å²) >= 11 is 0. The molecule has 0 bridgehead atoms. The van der Waals surface area contributed by atoms with Gasteiger partial charge in [-0.15, -0.1) is 10.3 Å². The fourth-order valence-corrected chi connectivity index (χ4v) is 1.72. The highest BCUT2D eigenvalue weighted by Gasteiger charge is 2.10. The Labute approximate surface area is 139 Å². The number of hydrogen-bond acceptors (Lipinski definition) is 4. The Kier molecular flexibility index (Phi) is 6.34. The number of amides is 2. The quantitative estimate of drug-likeness (QED) is 0.686. The number of nitrogens with zero attached hydrogens (tertiary/aromatic N) is 2. The lowest BCUT2D eigenvalue weighted by Crippen LogP contribution is -2.31. The van der Waals surface area contributed by atoms with Crippen LogP contribution in [0.4, 0.5) is 9.59 Å². The highest BCUT2D eigenvalue weighted by atomic mass is 16.6. The van der Waals surface area contributed by atoms with Crippen molar-refractivity contribution >= 4 is 18.1 Å².